The van der Waals surface area contributed by atoms with E-state index in [9.17, 15) is 0 Å². The number of imidazole rings is 2. The number of halogens is 1. The quantitative estimate of drug-likeness (QED) is 0.172. The summed E-state index contributed by atoms with van der Waals surface area (Å²) in [5, 5.41) is 12.3. The van der Waals surface area contributed by atoms with Crippen molar-refractivity contribution in [2.75, 3.05) is 16.0 Å². The molecule has 0 bridgehead atoms. The van der Waals surface area contributed by atoms with Gasteiger partial charge in [0.05, 0.1) is 12.7 Å². The van der Waals surface area contributed by atoms with Gasteiger partial charge in [0.25, 0.3) is 0 Å². The Morgan fingerprint density at radius 2 is 1.36 bits per heavy atom. The summed E-state index contributed by atoms with van der Waals surface area (Å²) in [4.78, 5) is 36.0. The number of hydrogen-bond acceptors (Lipinski definition) is 10. The van der Waals surface area contributed by atoms with Crippen molar-refractivity contribution in [2.24, 2.45) is 0 Å². The van der Waals surface area contributed by atoms with Crippen molar-refractivity contribution in [2.45, 2.75) is 45.2 Å². The second-order valence-corrected chi connectivity index (χ2v) is 9.62. The van der Waals surface area contributed by atoms with Gasteiger partial charge < -0.3 is 25.9 Å². The van der Waals surface area contributed by atoms with Crippen LogP contribution in [0.5, 0.6) is 0 Å². The third-order valence-electron chi connectivity index (χ3n) is 6.28. The predicted molar refractivity (Wildman–Crippen MR) is 153 cm³/mol. The molecule has 5 heterocycles. The number of nitrogens with one attached hydrogen (secondary N) is 5. The minimum Gasteiger partial charge on any atom is -0.365 e. The number of aromatic nitrogens is 9. The van der Waals surface area contributed by atoms with Gasteiger partial charge in [-0.05, 0) is 48.7 Å². The first-order chi connectivity index (χ1) is 18.7. The van der Waals surface area contributed by atoms with E-state index >= 15 is 0 Å². The van der Waals surface area contributed by atoms with Crippen molar-refractivity contribution >= 4 is 68.1 Å². The monoisotopic (exact) mass is 542 g/mol. The molecule has 39 heavy (non-hydrogen) atoms. The highest BCUT2D eigenvalue weighted by Crippen LogP contribution is 2.29. The van der Waals surface area contributed by atoms with Crippen LogP contribution >= 0.6 is 11.6 Å². The molecule has 2 fully saturated rings. The van der Waals surface area contributed by atoms with Gasteiger partial charge in [-0.3, -0.25) is 0 Å². The van der Waals surface area contributed by atoms with Gasteiger partial charge >= 0.3 is 0 Å². The number of hydrogen-bond donors (Lipinski definition) is 5. The average Bonchev–Trinajstić information content (AvgIpc) is 3.82. The fraction of sp³-hybridized carbons (Fsp3) is 0.269. The van der Waals surface area contributed by atoms with Gasteiger partial charge in [-0.2, -0.15) is 19.9 Å². The van der Waals surface area contributed by atoms with Crippen LogP contribution in [0, 0.1) is 0 Å². The van der Waals surface area contributed by atoms with Gasteiger partial charge in [0.15, 0.2) is 22.9 Å². The molecule has 0 amide bonds. The number of anilines is 4. The number of H-pyrrole nitrogens is 2. The topological polar surface area (TPSA) is 158 Å². The molecule has 0 spiro atoms. The summed E-state index contributed by atoms with van der Waals surface area (Å²) >= 11 is 5.77. The van der Waals surface area contributed by atoms with Crippen molar-refractivity contribution in [1.29, 1.82) is 0 Å². The maximum Gasteiger partial charge on any atom is 0.232 e. The average molecular weight is 543 g/mol. The van der Waals surface area contributed by atoms with Crippen LogP contribution in [0.1, 0.15) is 33.1 Å². The molecular weight excluding hydrogens is 516 g/mol. The van der Waals surface area contributed by atoms with Gasteiger partial charge in [0.2, 0.25) is 11.2 Å². The number of aromatic amines is 2. The fourth-order valence-corrected chi connectivity index (χ4v) is 4.24. The summed E-state index contributed by atoms with van der Waals surface area (Å²) in [7, 11) is 0. The SMILES string of the molecule is C.Clc1nc(NC2CC2)c2[nH]cnc2n1.c1ccc2c(Nc3nc(NC4CC4)c4[nH]cnc4n3)nccc2c1. The summed E-state index contributed by atoms with van der Waals surface area (Å²) in [6.45, 7) is 0. The van der Waals surface area contributed by atoms with E-state index in [2.05, 4.69) is 66.9 Å². The molecular formula is C26H27ClN12. The van der Waals surface area contributed by atoms with E-state index in [0.717, 1.165) is 39.3 Å². The van der Waals surface area contributed by atoms with Crippen LogP contribution in [0.3, 0.4) is 0 Å². The summed E-state index contributed by atoms with van der Waals surface area (Å²) < 4.78 is 0. The van der Waals surface area contributed by atoms with Crippen LogP contribution in [0.4, 0.5) is 23.4 Å². The summed E-state index contributed by atoms with van der Waals surface area (Å²) in [5.74, 6) is 2.75. The first-order valence-corrected chi connectivity index (χ1v) is 12.8. The van der Waals surface area contributed by atoms with E-state index in [4.69, 9.17) is 11.6 Å². The number of fused-ring (bicyclic) bond motifs is 3. The van der Waals surface area contributed by atoms with E-state index in [0.29, 0.717) is 29.3 Å². The Labute approximate surface area is 228 Å². The zero-order valence-corrected chi connectivity index (χ0v) is 20.9. The Morgan fingerprint density at radius 1 is 0.718 bits per heavy atom. The van der Waals surface area contributed by atoms with E-state index in [-0.39, 0.29) is 12.7 Å². The number of benzene rings is 1. The van der Waals surface area contributed by atoms with Crippen molar-refractivity contribution < 1.29 is 0 Å². The van der Waals surface area contributed by atoms with Gasteiger partial charge in [-0.25, -0.2) is 15.0 Å². The molecule has 8 rings (SSSR count). The lowest BCUT2D eigenvalue weighted by atomic mass is 10.1. The van der Waals surface area contributed by atoms with Crippen LogP contribution in [0.2, 0.25) is 5.28 Å². The van der Waals surface area contributed by atoms with Crippen LogP contribution in [-0.2, 0) is 0 Å². The molecule has 5 aromatic heterocycles. The minimum absolute atomic E-state index is 0. The van der Waals surface area contributed by atoms with Crippen LogP contribution < -0.4 is 16.0 Å². The largest absolute Gasteiger partial charge is 0.365 e. The Kier molecular flexibility index (Phi) is 6.53. The molecule has 0 aliphatic heterocycles. The van der Waals surface area contributed by atoms with E-state index in [1.165, 1.54) is 25.7 Å². The van der Waals surface area contributed by atoms with E-state index < -0.39 is 0 Å². The van der Waals surface area contributed by atoms with Gasteiger partial charge in [0, 0.05) is 23.7 Å². The molecule has 13 heteroatoms. The molecule has 2 aliphatic carbocycles. The highest BCUT2D eigenvalue weighted by molar-refractivity contribution is 6.28. The number of pyridine rings is 1. The van der Waals surface area contributed by atoms with Gasteiger partial charge in [-0.15, -0.1) is 0 Å². The zero-order chi connectivity index (χ0) is 25.5. The van der Waals surface area contributed by atoms with Crippen molar-refractivity contribution in [3.8, 4) is 0 Å². The van der Waals surface area contributed by atoms with E-state index in [1.807, 2.05) is 24.3 Å². The van der Waals surface area contributed by atoms with Crippen molar-refractivity contribution in [3.05, 3.63) is 54.5 Å². The molecule has 2 saturated carbocycles. The molecule has 1 aromatic carbocycles. The Hall–Kier alpha value is -4.58. The minimum atomic E-state index is 0. The molecule has 0 saturated heterocycles. The lowest BCUT2D eigenvalue weighted by Gasteiger charge is -2.10. The molecule has 2 aliphatic rings. The molecule has 6 aromatic rings. The van der Waals surface area contributed by atoms with Crippen molar-refractivity contribution in [1.82, 2.24) is 44.9 Å². The molecule has 12 nitrogen and oxygen atoms in total. The first-order valence-electron chi connectivity index (χ1n) is 12.4. The standard InChI is InChI=1S/C17H15N7.C8H8ClN5.CH4/c1-2-4-12-10(3-1)7-8-18-14(12)22-17-23-15-13(19-9-20-15)16(24-17)21-11-5-6-11;9-8-13-6-5(10-3-11-6)7(14-8)12-4-1-2-4;/h1-4,7-9,11H,5-6H2,(H3,18,19,20,21,22,23,24);3-4H,1-2H2,(H2,10,11,12,13,14);1H4. The summed E-state index contributed by atoms with van der Waals surface area (Å²) in [6, 6.07) is 11.1. The number of rotatable bonds is 6. The fourth-order valence-electron chi connectivity index (χ4n) is 4.07. The van der Waals surface area contributed by atoms with Crippen LogP contribution in [-0.4, -0.2) is 56.9 Å². The van der Waals surface area contributed by atoms with Gasteiger partial charge in [-0.1, -0.05) is 31.7 Å². The first kappa shape index (κ1) is 24.7. The highest BCUT2D eigenvalue weighted by Gasteiger charge is 2.24. The molecule has 0 unspecified atom stereocenters. The Bertz CT molecular complexity index is 1750. The Balaban J connectivity index is 0.000000158. The lowest BCUT2D eigenvalue weighted by Crippen LogP contribution is -2.07. The zero-order valence-electron chi connectivity index (χ0n) is 20.1. The normalized spacial score (nSPS) is 14.5. The second kappa shape index (κ2) is 10.3. The maximum atomic E-state index is 5.77. The second-order valence-electron chi connectivity index (χ2n) is 9.28. The van der Waals surface area contributed by atoms with Crippen LogP contribution in [0.25, 0.3) is 33.1 Å². The highest BCUT2D eigenvalue weighted by atomic mass is 35.5. The summed E-state index contributed by atoms with van der Waals surface area (Å²) in [6.07, 6.45) is 9.74. The molecule has 198 valence electrons. The third-order valence-corrected chi connectivity index (χ3v) is 6.45. The van der Waals surface area contributed by atoms with Gasteiger partial charge in [0.1, 0.15) is 16.9 Å². The molecule has 0 atom stereocenters. The lowest BCUT2D eigenvalue weighted by molar-refractivity contribution is 1.10. The number of nitrogens with zero attached hydrogens (tertiary/aromatic N) is 7. The third kappa shape index (κ3) is 5.36. The maximum absolute atomic E-state index is 5.77. The molecule has 5 N–H and O–H groups in total. The van der Waals surface area contributed by atoms with Crippen molar-refractivity contribution in [3.63, 3.8) is 0 Å². The van der Waals surface area contributed by atoms with E-state index in [1.54, 1.807) is 18.9 Å². The van der Waals surface area contributed by atoms with Crippen LogP contribution in [0.15, 0.2) is 49.2 Å². The summed E-state index contributed by atoms with van der Waals surface area (Å²) in [5.41, 5.74) is 2.89. The smallest absolute Gasteiger partial charge is 0.232 e. The Morgan fingerprint density at radius 3 is 2.05 bits per heavy atom. The predicted octanol–water partition coefficient (Wildman–Crippen LogP) is 5.44. The molecule has 0 radical (unpaired) electrons.